The average Bonchev–Trinajstić information content (AvgIpc) is 1.69. The highest BCUT2D eigenvalue weighted by Crippen LogP contribution is 1.90. The smallest absolute Gasteiger partial charge is 0.184 e. The largest absolute Gasteiger partial charge is 0.477 e. The highest BCUT2D eigenvalue weighted by molar-refractivity contribution is 5.74. The Kier molecular flexibility index (Phi) is 1.11. The minimum absolute atomic E-state index is 0.676. The van der Waals surface area contributed by atoms with Crippen molar-refractivity contribution in [3.8, 4) is 0 Å². The number of aliphatic imine (C=N–C) groups is 1. The second-order valence-electron chi connectivity index (χ2n) is 1.34. The molecule has 0 aliphatic carbocycles. The summed E-state index contributed by atoms with van der Waals surface area (Å²) < 4.78 is 4.94. The van der Waals surface area contributed by atoms with Gasteiger partial charge in [0.2, 0.25) is 0 Å². The van der Waals surface area contributed by atoms with Crippen LogP contribution in [-0.4, -0.2) is 12.5 Å². The van der Waals surface area contributed by atoms with E-state index in [-0.39, 0.29) is 0 Å². The van der Waals surface area contributed by atoms with Crippen molar-refractivity contribution < 1.29 is 4.74 Å². The number of nitrogens with zero attached hydrogens (tertiary/aromatic N) is 1. The predicted octanol–water partition coefficient (Wildman–Crippen LogP) is 0.949. The summed E-state index contributed by atoms with van der Waals surface area (Å²) >= 11 is 0. The third-order valence-electron chi connectivity index (χ3n) is 0.750. The van der Waals surface area contributed by atoms with Crippen molar-refractivity contribution in [1.82, 2.24) is 0 Å². The van der Waals surface area contributed by atoms with Gasteiger partial charge in [-0.3, -0.25) is 0 Å². The van der Waals surface area contributed by atoms with Crippen LogP contribution in [0.4, 0.5) is 0 Å². The summed E-state index contributed by atoms with van der Waals surface area (Å²) in [6.45, 7) is 2.51. The first-order chi connectivity index (χ1) is 3.39. The van der Waals surface area contributed by atoms with Crippen LogP contribution >= 0.6 is 0 Å². The zero-order chi connectivity index (χ0) is 5.11. The first-order valence-corrected chi connectivity index (χ1v) is 2.22. The van der Waals surface area contributed by atoms with Gasteiger partial charge in [0.1, 0.15) is 6.61 Å². The SMILES string of the molecule is CC1=NC=CCO1. The molecule has 1 aliphatic heterocycles. The van der Waals surface area contributed by atoms with Crippen LogP contribution in [0.15, 0.2) is 17.3 Å². The minimum Gasteiger partial charge on any atom is -0.477 e. The molecule has 0 aromatic carbocycles. The van der Waals surface area contributed by atoms with Gasteiger partial charge in [-0.2, -0.15) is 0 Å². The number of ether oxygens (including phenoxy) is 1. The Hall–Kier alpha value is -0.790. The zero-order valence-corrected chi connectivity index (χ0v) is 4.22. The van der Waals surface area contributed by atoms with Crippen molar-refractivity contribution in [3.63, 3.8) is 0 Å². The first kappa shape index (κ1) is 4.37. The van der Waals surface area contributed by atoms with Crippen molar-refractivity contribution in [2.45, 2.75) is 6.92 Å². The molecule has 0 atom stereocenters. The molecule has 0 unspecified atom stereocenters. The Morgan fingerprint density at radius 1 is 1.86 bits per heavy atom. The van der Waals surface area contributed by atoms with Crippen molar-refractivity contribution in [2.24, 2.45) is 4.99 Å². The fourth-order valence-corrected chi connectivity index (χ4v) is 0.407. The normalized spacial score (nSPS) is 18.1. The van der Waals surface area contributed by atoms with Gasteiger partial charge in [-0.25, -0.2) is 4.99 Å². The molecule has 1 rings (SSSR count). The van der Waals surface area contributed by atoms with E-state index in [0.717, 1.165) is 5.90 Å². The molecule has 7 heavy (non-hydrogen) atoms. The maximum atomic E-state index is 4.94. The lowest BCUT2D eigenvalue weighted by Gasteiger charge is -2.02. The van der Waals surface area contributed by atoms with Gasteiger partial charge >= 0.3 is 0 Å². The van der Waals surface area contributed by atoms with Crippen molar-refractivity contribution in [2.75, 3.05) is 6.61 Å². The molecule has 0 fully saturated rings. The zero-order valence-electron chi connectivity index (χ0n) is 4.22. The van der Waals surface area contributed by atoms with E-state index in [2.05, 4.69) is 4.99 Å². The molecule has 38 valence electrons. The highest BCUT2D eigenvalue weighted by Gasteiger charge is 1.89. The number of hydrogen-bond acceptors (Lipinski definition) is 2. The lowest BCUT2D eigenvalue weighted by atomic mass is 10.6. The van der Waals surface area contributed by atoms with E-state index in [9.17, 15) is 0 Å². The predicted molar refractivity (Wildman–Crippen MR) is 28.2 cm³/mol. The standard InChI is InChI=1S/C5H7NO/c1-5-6-3-2-4-7-5/h2-3H,4H2,1H3. The van der Waals surface area contributed by atoms with Crippen LogP contribution < -0.4 is 0 Å². The lowest BCUT2D eigenvalue weighted by molar-refractivity contribution is 0.342. The summed E-state index contributed by atoms with van der Waals surface area (Å²) in [6, 6.07) is 0. The molecule has 0 radical (unpaired) electrons. The Morgan fingerprint density at radius 3 is 3.00 bits per heavy atom. The number of rotatable bonds is 0. The van der Waals surface area contributed by atoms with E-state index < -0.39 is 0 Å². The van der Waals surface area contributed by atoms with Crippen LogP contribution in [0.2, 0.25) is 0 Å². The van der Waals surface area contributed by atoms with Crippen LogP contribution in [0.1, 0.15) is 6.92 Å². The van der Waals surface area contributed by atoms with Gasteiger partial charge in [0.05, 0.1) is 0 Å². The minimum atomic E-state index is 0.676. The molecule has 0 amide bonds. The number of hydrogen-bond donors (Lipinski definition) is 0. The van der Waals surface area contributed by atoms with Gasteiger partial charge in [0, 0.05) is 13.1 Å². The lowest BCUT2D eigenvalue weighted by Crippen LogP contribution is -2.01. The molecule has 2 nitrogen and oxygen atoms in total. The third-order valence-corrected chi connectivity index (χ3v) is 0.750. The van der Waals surface area contributed by atoms with E-state index in [4.69, 9.17) is 4.74 Å². The van der Waals surface area contributed by atoms with Gasteiger partial charge in [-0.1, -0.05) is 0 Å². The highest BCUT2D eigenvalue weighted by atomic mass is 16.5. The van der Waals surface area contributed by atoms with Gasteiger partial charge in [-0.05, 0) is 6.08 Å². The molecular weight excluding hydrogens is 90.1 g/mol. The van der Waals surface area contributed by atoms with E-state index in [1.54, 1.807) is 6.20 Å². The van der Waals surface area contributed by atoms with Crippen LogP contribution in [0.25, 0.3) is 0 Å². The Balaban J connectivity index is 2.57. The topological polar surface area (TPSA) is 21.6 Å². The van der Waals surface area contributed by atoms with Gasteiger partial charge < -0.3 is 4.74 Å². The average molecular weight is 97.1 g/mol. The molecular formula is C5H7NO. The molecule has 2 heteroatoms. The second kappa shape index (κ2) is 1.78. The fraction of sp³-hybridized carbons (Fsp3) is 0.400. The molecule has 0 N–H and O–H groups in total. The first-order valence-electron chi connectivity index (χ1n) is 2.22. The molecule has 0 aromatic heterocycles. The van der Waals surface area contributed by atoms with E-state index in [1.165, 1.54) is 0 Å². The van der Waals surface area contributed by atoms with Crippen molar-refractivity contribution >= 4 is 5.90 Å². The quantitative estimate of drug-likeness (QED) is 0.441. The van der Waals surface area contributed by atoms with Crippen LogP contribution in [-0.2, 0) is 4.74 Å². The summed E-state index contributed by atoms with van der Waals surface area (Å²) in [5.74, 6) is 0.752. The van der Waals surface area contributed by atoms with Crippen LogP contribution in [0.3, 0.4) is 0 Å². The molecule has 1 aliphatic rings. The Bertz CT molecular complexity index is 115. The molecule has 1 heterocycles. The summed E-state index contributed by atoms with van der Waals surface area (Å²) in [5, 5.41) is 0. The fourth-order valence-electron chi connectivity index (χ4n) is 0.407. The summed E-state index contributed by atoms with van der Waals surface area (Å²) in [4.78, 5) is 3.84. The maximum Gasteiger partial charge on any atom is 0.184 e. The molecule has 0 aromatic rings. The van der Waals surface area contributed by atoms with Gasteiger partial charge in [0.15, 0.2) is 5.90 Å². The van der Waals surface area contributed by atoms with Crippen molar-refractivity contribution in [3.05, 3.63) is 12.3 Å². The molecule has 0 saturated heterocycles. The van der Waals surface area contributed by atoms with Crippen LogP contribution in [0.5, 0.6) is 0 Å². The monoisotopic (exact) mass is 97.1 g/mol. The third kappa shape index (κ3) is 1.03. The molecule has 0 spiro atoms. The summed E-state index contributed by atoms with van der Waals surface area (Å²) in [5.41, 5.74) is 0. The van der Waals surface area contributed by atoms with Gasteiger partial charge in [0.25, 0.3) is 0 Å². The summed E-state index contributed by atoms with van der Waals surface area (Å²) in [6.07, 6.45) is 3.62. The van der Waals surface area contributed by atoms with Gasteiger partial charge in [-0.15, -0.1) is 0 Å². The Labute approximate surface area is 42.5 Å². The summed E-state index contributed by atoms with van der Waals surface area (Å²) in [7, 11) is 0. The van der Waals surface area contributed by atoms with E-state index in [0.29, 0.717) is 6.61 Å². The van der Waals surface area contributed by atoms with Crippen molar-refractivity contribution in [1.29, 1.82) is 0 Å². The Morgan fingerprint density at radius 2 is 2.71 bits per heavy atom. The van der Waals surface area contributed by atoms with E-state index >= 15 is 0 Å². The van der Waals surface area contributed by atoms with E-state index in [1.807, 2.05) is 13.0 Å². The van der Waals surface area contributed by atoms with Crippen LogP contribution in [0, 0.1) is 0 Å². The molecule has 0 saturated carbocycles. The maximum absolute atomic E-state index is 4.94. The second-order valence-corrected chi connectivity index (χ2v) is 1.34. The molecule has 0 bridgehead atoms.